The Hall–Kier alpha value is -0.860. The van der Waals surface area contributed by atoms with Crippen molar-refractivity contribution in [3.8, 4) is 0 Å². The van der Waals surface area contributed by atoms with Gasteiger partial charge in [0.05, 0.1) is 6.42 Å². The molecule has 0 aromatic rings. The average molecular weight is 183 g/mol. The minimum atomic E-state index is -0.401. The van der Waals surface area contributed by atoms with Crippen molar-refractivity contribution in [2.45, 2.75) is 46.6 Å². The number of carbonyl (C=O) groups excluding carboxylic acids is 1. The highest BCUT2D eigenvalue weighted by atomic mass is 16.5. The van der Waals surface area contributed by atoms with E-state index in [0.29, 0.717) is 12.3 Å². The van der Waals surface area contributed by atoms with Crippen LogP contribution < -0.4 is 0 Å². The largest absolute Gasteiger partial charge is 0.474 e. The van der Waals surface area contributed by atoms with Gasteiger partial charge in [-0.05, 0) is 13.8 Å². The van der Waals surface area contributed by atoms with E-state index in [9.17, 15) is 4.79 Å². The van der Waals surface area contributed by atoms with Crippen LogP contribution in [0.15, 0.2) is 4.99 Å². The first kappa shape index (κ1) is 10.2. The van der Waals surface area contributed by atoms with E-state index in [0.717, 1.165) is 0 Å². The maximum atomic E-state index is 11.3. The Morgan fingerprint density at radius 2 is 1.92 bits per heavy atom. The van der Waals surface area contributed by atoms with Crippen LogP contribution in [0.1, 0.15) is 41.0 Å². The number of amides is 1. The zero-order valence-corrected chi connectivity index (χ0v) is 8.97. The van der Waals surface area contributed by atoms with Gasteiger partial charge in [0.2, 0.25) is 0 Å². The molecule has 0 fully saturated rings. The predicted octanol–water partition coefficient (Wildman–Crippen LogP) is 2.16. The first-order valence-electron chi connectivity index (χ1n) is 4.52. The van der Waals surface area contributed by atoms with Gasteiger partial charge in [0.1, 0.15) is 5.60 Å². The summed E-state index contributed by atoms with van der Waals surface area (Å²) in [5, 5.41) is 0. The van der Waals surface area contributed by atoms with E-state index >= 15 is 0 Å². The lowest BCUT2D eigenvalue weighted by atomic mass is 9.93. The summed E-state index contributed by atoms with van der Waals surface area (Å²) in [4.78, 5) is 15.2. The normalized spacial score (nSPS) is 22.2. The van der Waals surface area contributed by atoms with Crippen molar-refractivity contribution in [1.82, 2.24) is 0 Å². The van der Waals surface area contributed by atoms with Gasteiger partial charge in [-0.2, -0.15) is 4.99 Å². The molecule has 3 nitrogen and oxygen atoms in total. The lowest BCUT2D eigenvalue weighted by molar-refractivity contribution is -0.123. The van der Waals surface area contributed by atoms with Crippen LogP contribution in [0.25, 0.3) is 0 Å². The van der Waals surface area contributed by atoms with Gasteiger partial charge in [-0.1, -0.05) is 20.8 Å². The monoisotopic (exact) mass is 183 g/mol. The second-order valence-electron chi connectivity index (χ2n) is 5.10. The predicted molar refractivity (Wildman–Crippen MR) is 51.7 cm³/mol. The maximum absolute atomic E-state index is 11.3. The summed E-state index contributed by atoms with van der Waals surface area (Å²) < 4.78 is 5.64. The third-order valence-corrected chi connectivity index (χ3v) is 1.82. The Bertz CT molecular complexity index is 259. The summed E-state index contributed by atoms with van der Waals surface area (Å²) in [6, 6.07) is 0. The molecule has 0 N–H and O–H groups in total. The molecular weight excluding hydrogens is 166 g/mol. The Kier molecular flexibility index (Phi) is 2.22. The highest BCUT2D eigenvalue weighted by Gasteiger charge is 2.35. The molecule has 0 unspecified atom stereocenters. The molecule has 0 saturated carbocycles. The van der Waals surface area contributed by atoms with Crippen molar-refractivity contribution < 1.29 is 9.53 Å². The van der Waals surface area contributed by atoms with Crippen LogP contribution in [0.5, 0.6) is 0 Å². The number of ether oxygens (including phenoxy) is 1. The number of hydrogen-bond acceptors (Lipinski definition) is 2. The molecule has 0 aliphatic carbocycles. The third kappa shape index (κ3) is 2.54. The highest BCUT2D eigenvalue weighted by molar-refractivity contribution is 5.96. The van der Waals surface area contributed by atoms with Gasteiger partial charge in [-0.25, -0.2) is 0 Å². The molecule has 13 heavy (non-hydrogen) atoms. The quantitative estimate of drug-likeness (QED) is 0.577. The molecular formula is C10H17NO2. The molecule has 0 atom stereocenters. The van der Waals surface area contributed by atoms with E-state index in [1.165, 1.54) is 0 Å². The van der Waals surface area contributed by atoms with Gasteiger partial charge in [0.15, 0.2) is 5.90 Å². The molecule has 0 bridgehead atoms. The van der Waals surface area contributed by atoms with Crippen LogP contribution >= 0.6 is 0 Å². The van der Waals surface area contributed by atoms with Crippen LogP contribution in [0.3, 0.4) is 0 Å². The molecule has 0 spiro atoms. The van der Waals surface area contributed by atoms with Gasteiger partial charge in [-0.3, -0.25) is 4.79 Å². The molecule has 0 aromatic heterocycles. The lowest BCUT2D eigenvalue weighted by Crippen LogP contribution is -2.40. The van der Waals surface area contributed by atoms with Crippen molar-refractivity contribution in [1.29, 1.82) is 0 Å². The fourth-order valence-corrected chi connectivity index (χ4v) is 1.16. The number of nitrogens with zero attached hydrogens (tertiary/aromatic N) is 1. The Labute approximate surface area is 79.2 Å². The van der Waals surface area contributed by atoms with Crippen molar-refractivity contribution in [3.63, 3.8) is 0 Å². The van der Waals surface area contributed by atoms with Crippen molar-refractivity contribution >= 4 is 11.8 Å². The molecule has 1 aliphatic heterocycles. The highest BCUT2D eigenvalue weighted by Crippen LogP contribution is 2.28. The standard InChI is InChI=1S/C10H17NO2/c1-9(2,3)8-11-7(12)6-10(4,5)13-8/h6H2,1-5H3. The Morgan fingerprint density at radius 3 is 2.31 bits per heavy atom. The minimum absolute atomic E-state index is 0.0822. The van der Waals surface area contributed by atoms with Gasteiger partial charge in [0.25, 0.3) is 5.91 Å². The van der Waals surface area contributed by atoms with Crippen LogP contribution in [-0.2, 0) is 9.53 Å². The minimum Gasteiger partial charge on any atom is -0.474 e. The summed E-state index contributed by atoms with van der Waals surface area (Å²) in [5.41, 5.74) is -0.588. The maximum Gasteiger partial charge on any atom is 0.252 e. The fraction of sp³-hybridized carbons (Fsp3) is 0.800. The molecule has 1 amide bonds. The van der Waals surface area contributed by atoms with Crippen molar-refractivity contribution in [2.24, 2.45) is 10.4 Å². The lowest BCUT2D eigenvalue weighted by Gasteiger charge is -2.34. The molecule has 3 heteroatoms. The number of hydrogen-bond donors (Lipinski definition) is 0. The zero-order valence-electron chi connectivity index (χ0n) is 8.97. The zero-order chi connectivity index (χ0) is 10.3. The smallest absolute Gasteiger partial charge is 0.252 e. The molecule has 0 radical (unpaired) electrons. The molecule has 74 valence electrons. The summed E-state index contributed by atoms with van der Waals surface area (Å²) in [5.74, 6) is 0.468. The molecule has 0 saturated heterocycles. The summed E-state index contributed by atoms with van der Waals surface area (Å²) in [6.45, 7) is 9.78. The van der Waals surface area contributed by atoms with Gasteiger partial charge in [-0.15, -0.1) is 0 Å². The number of carbonyl (C=O) groups is 1. The van der Waals surface area contributed by atoms with Gasteiger partial charge >= 0.3 is 0 Å². The summed E-state index contributed by atoms with van der Waals surface area (Å²) in [6.07, 6.45) is 0.368. The molecule has 1 heterocycles. The van der Waals surface area contributed by atoms with Crippen LogP contribution in [0, 0.1) is 5.41 Å². The van der Waals surface area contributed by atoms with E-state index in [1.807, 2.05) is 34.6 Å². The molecule has 1 rings (SSSR count). The number of aliphatic imine (C=N–C) groups is 1. The van der Waals surface area contributed by atoms with E-state index < -0.39 is 5.60 Å². The third-order valence-electron chi connectivity index (χ3n) is 1.82. The van der Waals surface area contributed by atoms with Crippen LogP contribution in [0.4, 0.5) is 0 Å². The van der Waals surface area contributed by atoms with Crippen LogP contribution in [-0.4, -0.2) is 17.4 Å². The summed E-state index contributed by atoms with van der Waals surface area (Å²) in [7, 11) is 0. The average Bonchev–Trinajstić information content (AvgIpc) is 1.79. The Balaban J connectivity index is 2.94. The number of rotatable bonds is 0. The SMILES string of the molecule is CC1(C)CC(=O)N=C(C(C)(C)C)O1. The second-order valence-corrected chi connectivity index (χ2v) is 5.10. The van der Waals surface area contributed by atoms with Gasteiger partial charge < -0.3 is 4.74 Å². The Morgan fingerprint density at radius 1 is 1.38 bits per heavy atom. The van der Waals surface area contributed by atoms with E-state index in [2.05, 4.69) is 4.99 Å². The first-order valence-corrected chi connectivity index (χ1v) is 4.52. The first-order chi connectivity index (χ1) is 5.71. The molecule has 1 aliphatic rings. The van der Waals surface area contributed by atoms with Gasteiger partial charge in [0, 0.05) is 5.41 Å². The van der Waals surface area contributed by atoms with E-state index in [4.69, 9.17) is 4.74 Å². The second kappa shape index (κ2) is 2.82. The summed E-state index contributed by atoms with van der Waals surface area (Å²) >= 11 is 0. The fourth-order valence-electron chi connectivity index (χ4n) is 1.16. The van der Waals surface area contributed by atoms with E-state index in [1.54, 1.807) is 0 Å². The van der Waals surface area contributed by atoms with Crippen molar-refractivity contribution in [3.05, 3.63) is 0 Å². The van der Waals surface area contributed by atoms with Crippen LogP contribution in [0.2, 0.25) is 0 Å². The topological polar surface area (TPSA) is 38.7 Å². The molecule has 0 aromatic carbocycles. The van der Waals surface area contributed by atoms with Crippen molar-refractivity contribution in [2.75, 3.05) is 0 Å². The van der Waals surface area contributed by atoms with E-state index in [-0.39, 0.29) is 11.3 Å².